The summed E-state index contributed by atoms with van der Waals surface area (Å²) in [5.74, 6) is 3.29. The van der Waals surface area contributed by atoms with Crippen LogP contribution in [0.1, 0.15) is 129 Å². The zero-order valence-corrected chi connectivity index (χ0v) is 43.4. The fraction of sp³-hybridized carbons (Fsp3) is 0.472. The molecule has 10 nitrogen and oxygen atoms in total. The second-order valence-electron chi connectivity index (χ2n) is 17.2. The molecule has 4 aliphatic carbocycles. The monoisotopic (exact) mass is 1030 g/mol. The first kappa shape index (κ1) is 56.7. The molecule has 4 fully saturated rings. The average Bonchev–Trinajstić information content (AvgIpc) is 4.18. The number of ketones is 3. The third kappa shape index (κ3) is 15.8. The van der Waals surface area contributed by atoms with Crippen LogP contribution in [0.5, 0.6) is 23.0 Å². The van der Waals surface area contributed by atoms with Gasteiger partial charge in [0.25, 0.3) is 0 Å². The maximum absolute atomic E-state index is 12.3. The van der Waals surface area contributed by atoms with Gasteiger partial charge in [-0.1, -0.05) is 90.6 Å². The minimum atomic E-state index is -1.22. The number of aliphatic hydroxyl groups is 1. The number of halogens is 5. The van der Waals surface area contributed by atoms with Crippen LogP contribution in [0.25, 0.3) is 0 Å². The molecule has 0 spiro atoms. The van der Waals surface area contributed by atoms with Crippen molar-refractivity contribution in [2.45, 2.75) is 114 Å². The molecular formula is C53H64Cl5NO9. The Hall–Kier alpha value is -3.87. The lowest BCUT2D eigenvalue weighted by atomic mass is 9.75. The number of carbonyl (C=O) groups is 4. The van der Waals surface area contributed by atoms with Crippen molar-refractivity contribution in [2.75, 3.05) is 35.5 Å². The van der Waals surface area contributed by atoms with Crippen molar-refractivity contribution < 1.29 is 43.2 Å². The predicted octanol–water partition coefficient (Wildman–Crippen LogP) is 13.8. The summed E-state index contributed by atoms with van der Waals surface area (Å²) in [4.78, 5) is 47.1. The topological polar surface area (TPSA) is 137 Å². The largest absolute Gasteiger partial charge is 0.497 e. The van der Waals surface area contributed by atoms with E-state index in [2.05, 4.69) is 5.32 Å². The maximum atomic E-state index is 12.3. The third-order valence-corrected chi connectivity index (χ3v) is 14.4. The Morgan fingerprint density at radius 1 is 0.588 bits per heavy atom. The Morgan fingerprint density at radius 3 is 1.49 bits per heavy atom. The molecule has 0 radical (unpaired) electrons. The number of hydrogen-bond acceptors (Lipinski definition) is 10. The molecule has 0 heterocycles. The Labute approximate surface area is 426 Å². The normalized spacial score (nSPS) is 18.5. The second-order valence-corrected chi connectivity index (χ2v) is 19.2. The Balaban J connectivity index is 0.000000191. The molecule has 1 unspecified atom stereocenters. The Kier molecular flexibility index (Phi) is 23.4. The van der Waals surface area contributed by atoms with E-state index >= 15 is 0 Å². The van der Waals surface area contributed by atoms with Crippen LogP contribution in [0.15, 0.2) is 78.9 Å². The number of nitrogens with one attached hydrogen (secondary N) is 1. The molecule has 0 saturated heterocycles. The lowest BCUT2D eigenvalue weighted by molar-refractivity contribution is -0.127. The van der Waals surface area contributed by atoms with Crippen LogP contribution in [-0.4, -0.2) is 68.8 Å². The van der Waals surface area contributed by atoms with E-state index in [-0.39, 0.29) is 34.4 Å². The molecule has 4 aliphatic rings. The Morgan fingerprint density at radius 2 is 1.06 bits per heavy atom. The van der Waals surface area contributed by atoms with Crippen molar-refractivity contribution in [3.63, 3.8) is 0 Å². The van der Waals surface area contributed by atoms with Crippen molar-refractivity contribution in [1.29, 1.82) is 0 Å². The molecule has 4 saturated carbocycles. The molecule has 68 heavy (non-hydrogen) atoms. The van der Waals surface area contributed by atoms with Crippen molar-refractivity contribution >= 4 is 80.6 Å². The lowest BCUT2D eigenvalue weighted by Crippen LogP contribution is -2.49. The molecule has 2 N–H and O–H groups in total. The highest BCUT2D eigenvalue weighted by Gasteiger charge is 2.42. The summed E-state index contributed by atoms with van der Waals surface area (Å²) >= 11 is 29.3. The Bertz CT molecular complexity index is 2290. The number of methoxy groups -OCH3 is 4. The molecule has 4 aromatic carbocycles. The SMILES string of the molecule is CNC1(c2ccc(OC)cc2Cl)CCCCC1=O.COc1ccc(C(=O)C2(O)CCCC2)c(Cl)c1.COc1ccc(C(=O)C2CCCC2)c(Cl)c1.COc1cccc(Cl)c1.O=C(Cl)C1CCCC1. The highest BCUT2D eigenvalue weighted by Crippen LogP contribution is 2.40. The number of carbonyl (C=O) groups excluding carboxylic acids is 4. The molecule has 15 heteroatoms. The van der Waals surface area contributed by atoms with E-state index < -0.39 is 11.1 Å². The fourth-order valence-corrected chi connectivity index (χ4v) is 10.2. The first-order chi connectivity index (χ1) is 32.6. The summed E-state index contributed by atoms with van der Waals surface area (Å²) in [6, 6.07) is 22.9. The highest BCUT2D eigenvalue weighted by atomic mass is 35.5. The number of likely N-dealkylation sites (N-methyl/N-ethyl adjacent to an activating group) is 1. The summed E-state index contributed by atoms with van der Waals surface area (Å²) in [6.07, 6.45) is 14.9. The van der Waals surface area contributed by atoms with Gasteiger partial charge in [0.15, 0.2) is 17.3 Å². The summed E-state index contributed by atoms with van der Waals surface area (Å²) in [6.45, 7) is 0. The van der Waals surface area contributed by atoms with Crippen LogP contribution < -0.4 is 24.3 Å². The van der Waals surface area contributed by atoms with Gasteiger partial charge in [-0.05, 0) is 155 Å². The van der Waals surface area contributed by atoms with E-state index in [1.165, 1.54) is 20.0 Å². The van der Waals surface area contributed by atoms with Crippen LogP contribution in [0.3, 0.4) is 0 Å². The smallest absolute Gasteiger partial charge is 0.224 e. The maximum Gasteiger partial charge on any atom is 0.224 e. The van der Waals surface area contributed by atoms with Gasteiger partial charge in [-0.3, -0.25) is 19.2 Å². The van der Waals surface area contributed by atoms with Crippen molar-refractivity contribution in [3.05, 3.63) is 116 Å². The van der Waals surface area contributed by atoms with Gasteiger partial charge >= 0.3 is 0 Å². The van der Waals surface area contributed by atoms with E-state index in [4.69, 9.17) is 77.0 Å². The summed E-state index contributed by atoms with van der Waals surface area (Å²) in [7, 11) is 8.17. The van der Waals surface area contributed by atoms with Gasteiger partial charge in [-0.25, -0.2) is 0 Å². The molecule has 370 valence electrons. The van der Waals surface area contributed by atoms with Crippen LogP contribution >= 0.6 is 58.0 Å². The van der Waals surface area contributed by atoms with Crippen LogP contribution in [-0.2, 0) is 15.1 Å². The van der Waals surface area contributed by atoms with Crippen LogP contribution in [0, 0.1) is 11.8 Å². The number of benzene rings is 4. The molecular weight excluding hydrogens is 972 g/mol. The highest BCUT2D eigenvalue weighted by molar-refractivity contribution is 6.64. The minimum Gasteiger partial charge on any atom is -0.497 e. The van der Waals surface area contributed by atoms with Crippen molar-refractivity contribution in [1.82, 2.24) is 5.32 Å². The summed E-state index contributed by atoms with van der Waals surface area (Å²) in [5.41, 5.74) is 0.0169. The van der Waals surface area contributed by atoms with E-state index in [0.717, 1.165) is 81.9 Å². The van der Waals surface area contributed by atoms with Gasteiger partial charge in [0.1, 0.15) is 34.1 Å². The molecule has 1 atom stereocenters. The number of ether oxygens (including phenoxy) is 4. The average molecular weight is 1040 g/mol. The molecule has 0 amide bonds. The first-order valence-corrected chi connectivity index (χ1v) is 25.0. The molecule has 0 aromatic heterocycles. The third-order valence-electron chi connectivity index (χ3n) is 12.9. The number of hydrogen-bond donors (Lipinski definition) is 2. The van der Waals surface area contributed by atoms with E-state index in [0.29, 0.717) is 67.7 Å². The predicted molar refractivity (Wildman–Crippen MR) is 273 cm³/mol. The van der Waals surface area contributed by atoms with Gasteiger partial charge < -0.3 is 29.4 Å². The summed E-state index contributed by atoms with van der Waals surface area (Å²) < 4.78 is 20.1. The van der Waals surface area contributed by atoms with E-state index in [1.807, 2.05) is 37.4 Å². The zero-order valence-electron chi connectivity index (χ0n) is 39.6. The first-order valence-electron chi connectivity index (χ1n) is 23.1. The number of Topliss-reactive ketones (excluding diaryl/α,β-unsaturated/α-hetero) is 3. The van der Waals surface area contributed by atoms with Gasteiger partial charge in [0.05, 0.1) is 38.5 Å². The fourth-order valence-electron chi connectivity index (χ4n) is 8.90. The van der Waals surface area contributed by atoms with Gasteiger partial charge in [0, 0.05) is 39.4 Å². The number of rotatable bonds is 11. The molecule has 8 rings (SSSR count). The second kappa shape index (κ2) is 28.1. The standard InChI is InChI=1S/C14H18ClNO2.C13H15ClO3.C13H15ClO2.C7H7ClO.C6H9ClO/c1-16-14(8-4-3-5-13(14)17)11-7-6-10(18-2)9-12(11)15;1-17-9-4-5-10(11(14)8-9)12(15)13(16)6-2-3-7-13;1-16-10-6-7-11(12(14)8-10)13(15)9-4-2-3-5-9;1-9-7-4-2-3-6(8)5-7;7-6(8)5-3-1-2-4-5/h6-7,9,16H,3-5,8H2,1-2H3;4-5,8,16H,2-3,6-7H2,1H3;6-9H,2-5H2,1H3;2-5H,1H3;5H,1-4H2. The van der Waals surface area contributed by atoms with E-state index in [1.54, 1.807) is 69.9 Å². The van der Waals surface area contributed by atoms with Gasteiger partial charge in [0.2, 0.25) is 5.24 Å². The van der Waals surface area contributed by atoms with E-state index in [9.17, 15) is 24.3 Å². The van der Waals surface area contributed by atoms with Crippen LogP contribution in [0.4, 0.5) is 0 Å². The molecule has 0 aliphatic heterocycles. The lowest BCUT2D eigenvalue weighted by Gasteiger charge is -2.36. The quantitative estimate of drug-likeness (QED) is 0.110. The van der Waals surface area contributed by atoms with Crippen molar-refractivity contribution in [2.24, 2.45) is 11.8 Å². The van der Waals surface area contributed by atoms with Crippen LogP contribution in [0.2, 0.25) is 20.1 Å². The minimum absolute atomic E-state index is 0.137. The zero-order chi connectivity index (χ0) is 49.9. The van der Waals surface area contributed by atoms with Crippen molar-refractivity contribution in [3.8, 4) is 23.0 Å². The molecule has 4 aromatic rings. The van der Waals surface area contributed by atoms with Gasteiger partial charge in [-0.15, -0.1) is 0 Å². The van der Waals surface area contributed by atoms with Gasteiger partial charge in [-0.2, -0.15) is 0 Å². The molecule has 0 bridgehead atoms. The summed E-state index contributed by atoms with van der Waals surface area (Å²) in [5, 5.41) is 15.4.